The molecule has 0 bridgehead atoms. The van der Waals surface area contributed by atoms with Crippen LogP contribution in [0.25, 0.3) is 6.08 Å². The summed E-state index contributed by atoms with van der Waals surface area (Å²) in [5.41, 5.74) is 2.12. The number of piperidine rings is 1. The van der Waals surface area contributed by atoms with Gasteiger partial charge in [-0.15, -0.1) is 0 Å². The summed E-state index contributed by atoms with van der Waals surface area (Å²) in [5, 5.41) is 12.0. The van der Waals surface area contributed by atoms with Crippen LogP contribution >= 0.6 is 0 Å². The van der Waals surface area contributed by atoms with Crippen LogP contribution in [0, 0.1) is 5.92 Å². The van der Waals surface area contributed by atoms with Gasteiger partial charge in [0.05, 0.1) is 18.1 Å². The van der Waals surface area contributed by atoms with E-state index in [4.69, 9.17) is 5.21 Å². The molecule has 1 amide bonds. The van der Waals surface area contributed by atoms with Crippen molar-refractivity contribution >= 4 is 17.8 Å². The van der Waals surface area contributed by atoms with Gasteiger partial charge in [-0.25, -0.2) is 10.5 Å². The minimum atomic E-state index is -0.588. The molecular weight excluding hydrogens is 342 g/mol. The Labute approximate surface area is 161 Å². The van der Waals surface area contributed by atoms with E-state index in [-0.39, 0.29) is 0 Å². The van der Waals surface area contributed by atoms with Crippen molar-refractivity contribution in [2.45, 2.75) is 57.4 Å². The van der Waals surface area contributed by atoms with Crippen molar-refractivity contribution in [2.75, 3.05) is 25.0 Å². The van der Waals surface area contributed by atoms with Crippen LogP contribution in [0.15, 0.2) is 18.5 Å². The summed E-state index contributed by atoms with van der Waals surface area (Å²) in [7, 11) is 0. The van der Waals surface area contributed by atoms with Gasteiger partial charge in [0.25, 0.3) is 5.91 Å². The number of nitrogens with one attached hydrogen (secondary N) is 2. The number of rotatable bonds is 6. The van der Waals surface area contributed by atoms with E-state index in [1.54, 1.807) is 17.9 Å². The van der Waals surface area contributed by atoms with E-state index < -0.39 is 5.91 Å². The van der Waals surface area contributed by atoms with Crippen molar-refractivity contribution in [2.24, 2.45) is 5.92 Å². The van der Waals surface area contributed by atoms with Gasteiger partial charge >= 0.3 is 0 Å². The SMILES string of the molecule is O=C(/C=C/c1cnc(N[C@@H]2CCCN(CC3CCCCCC3)C2)cn1)NO. The maximum Gasteiger partial charge on any atom is 0.267 e. The summed E-state index contributed by atoms with van der Waals surface area (Å²) in [6.45, 7) is 3.51. The molecule has 2 fully saturated rings. The largest absolute Gasteiger partial charge is 0.365 e. The van der Waals surface area contributed by atoms with Gasteiger partial charge in [0.1, 0.15) is 5.82 Å². The molecule has 1 aromatic rings. The standard InChI is InChI=1S/C20H31N5O2/c26-20(24-27)10-9-17-12-22-19(13-21-17)23-18-8-5-11-25(15-18)14-16-6-3-1-2-4-7-16/h9-10,12-13,16,18,27H,1-8,11,14-15H2,(H,22,23)(H,24,26)/b10-9+/t18-/m1/s1. The van der Waals surface area contributed by atoms with Crippen LogP contribution in [0.5, 0.6) is 0 Å². The number of hydrogen-bond acceptors (Lipinski definition) is 6. The summed E-state index contributed by atoms with van der Waals surface area (Å²) in [4.78, 5) is 22.3. The Morgan fingerprint density at radius 1 is 1.15 bits per heavy atom. The third-order valence-corrected chi connectivity index (χ3v) is 5.54. The highest BCUT2D eigenvalue weighted by Gasteiger charge is 2.23. The molecule has 7 nitrogen and oxygen atoms in total. The van der Waals surface area contributed by atoms with Gasteiger partial charge in [-0.3, -0.25) is 15.0 Å². The first-order valence-corrected chi connectivity index (χ1v) is 10.2. The molecule has 1 aliphatic carbocycles. The lowest BCUT2D eigenvalue weighted by atomic mass is 9.97. The van der Waals surface area contributed by atoms with E-state index in [9.17, 15) is 4.79 Å². The van der Waals surface area contributed by atoms with Crippen molar-refractivity contribution in [1.29, 1.82) is 0 Å². The van der Waals surface area contributed by atoms with Crippen LogP contribution in [-0.4, -0.2) is 51.7 Å². The molecule has 1 saturated carbocycles. The highest BCUT2D eigenvalue weighted by molar-refractivity contribution is 5.90. The Balaban J connectivity index is 1.48. The molecule has 148 valence electrons. The molecule has 27 heavy (non-hydrogen) atoms. The molecule has 3 rings (SSSR count). The number of likely N-dealkylation sites (tertiary alicyclic amines) is 1. The van der Waals surface area contributed by atoms with Gasteiger partial charge in [-0.1, -0.05) is 25.7 Å². The first kappa shape index (κ1) is 19.8. The summed E-state index contributed by atoms with van der Waals surface area (Å²) < 4.78 is 0. The number of hydroxylamine groups is 1. The Morgan fingerprint density at radius 3 is 2.67 bits per heavy atom. The smallest absolute Gasteiger partial charge is 0.267 e. The number of hydrogen-bond donors (Lipinski definition) is 3. The summed E-state index contributed by atoms with van der Waals surface area (Å²) in [6.07, 6.45) is 16.8. The molecule has 2 heterocycles. The van der Waals surface area contributed by atoms with E-state index in [1.807, 2.05) is 0 Å². The van der Waals surface area contributed by atoms with Crippen molar-refractivity contribution in [3.63, 3.8) is 0 Å². The normalized spacial score (nSPS) is 22.5. The fourth-order valence-electron chi connectivity index (χ4n) is 4.16. The predicted molar refractivity (Wildman–Crippen MR) is 105 cm³/mol. The van der Waals surface area contributed by atoms with Gasteiger partial charge in [0.15, 0.2) is 0 Å². The molecule has 1 aliphatic heterocycles. The van der Waals surface area contributed by atoms with Gasteiger partial charge in [0.2, 0.25) is 0 Å². The van der Waals surface area contributed by atoms with Gasteiger partial charge < -0.3 is 10.2 Å². The van der Waals surface area contributed by atoms with Crippen molar-refractivity contribution in [1.82, 2.24) is 20.3 Å². The molecular formula is C20H31N5O2. The van der Waals surface area contributed by atoms with E-state index in [1.165, 1.54) is 70.2 Å². The molecule has 0 aromatic carbocycles. The van der Waals surface area contributed by atoms with Crippen molar-refractivity contribution in [3.8, 4) is 0 Å². The Hall–Kier alpha value is -1.99. The number of nitrogens with zero attached hydrogens (tertiary/aromatic N) is 3. The number of aromatic nitrogens is 2. The van der Waals surface area contributed by atoms with Crippen LogP contribution in [0.4, 0.5) is 5.82 Å². The van der Waals surface area contributed by atoms with E-state index in [2.05, 4.69) is 20.2 Å². The van der Waals surface area contributed by atoms with Crippen LogP contribution in [0.3, 0.4) is 0 Å². The summed E-state index contributed by atoms with van der Waals surface area (Å²) in [5.74, 6) is 1.04. The third kappa shape index (κ3) is 6.59. The highest BCUT2D eigenvalue weighted by atomic mass is 16.5. The van der Waals surface area contributed by atoms with Gasteiger partial charge in [0, 0.05) is 25.2 Å². The molecule has 0 unspecified atom stereocenters. The molecule has 0 spiro atoms. The minimum Gasteiger partial charge on any atom is -0.365 e. The highest BCUT2D eigenvalue weighted by Crippen LogP contribution is 2.25. The average Bonchev–Trinajstić information content (AvgIpc) is 2.96. The number of anilines is 1. The maximum atomic E-state index is 11.0. The molecule has 1 aromatic heterocycles. The topological polar surface area (TPSA) is 90.4 Å². The van der Waals surface area contributed by atoms with Gasteiger partial charge in [-0.2, -0.15) is 0 Å². The summed E-state index contributed by atoms with van der Waals surface area (Å²) >= 11 is 0. The number of carbonyl (C=O) groups is 1. The fourth-order valence-corrected chi connectivity index (χ4v) is 4.16. The first-order valence-electron chi connectivity index (χ1n) is 10.2. The second kappa shape index (κ2) is 10.4. The molecule has 3 N–H and O–H groups in total. The zero-order chi connectivity index (χ0) is 18.9. The summed E-state index contributed by atoms with van der Waals surface area (Å²) in [6, 6.07) is 0.403. The third-order valence-electron chi connectivity index (χ3n) is 5.54. The van der Waals surface area contributed by atoms with E-state index >= 15 is 0 Å². The lowest BCUT2D eigenvalue weighted by Crippen LogP contribution is -2.44. The Kier molecular flexibility index (Phi) is 7.59. The minimum absolute atomic E-state index is 0.403. The Morgan fingerprint density at radius 2 is 1.96 bits per heavy atom. The van der Waals surface area contributed by atoms with Crippen LogP contribution in [0.2, 0.25) is 0 Å². The first-order chi connectivity index (χ1) is 13.2. The lowest BCUT2D eigenvalue weighted by Gasteiger charge is -2.35. The van der Waals surface area contributed by atoms with Crippen LogP contribution < -0.4 is 10.8 Å². The monoisotopic (exact) mass is 373 g/mol. The lowest BCUT2D eigenvalue weighted by molar-refractivity contribution is -0.124. The second-order valence-electron chi connectivity index (χ2n) is 7.74. The molecule has 1 saturated heterocycles. The number of amides is 1. The molecule has 2 aliphatic rings. The quantitative estimate of drug-likeness (QED) is 0.307. The van der Waals surface area contributed by atoms with Crippen LogP contribution in [0.1, 0.15) is 57.1 Å². The second-order valence-corrected chi connectivity index (χ2v) is 7.74. The zero-order valence-electron chi connectivity index (χ0n) is 15.9. The predicted octanol–water partition coefficient (Wildman–Crippen LogP) is 2.84. The maximum absolute atomic E-state index is 11.0. The fraction of sp³-hybridized carbons (Fsp3) is 0.650. The average molecular weight is 374 g/mol. The molecule has 7 heteroatoms. The van der Waals surface area contributed by atoms with Crippen LogP contribution in [-0.2, 0) is 4.79 Å². The van der Waals surface area contributed by atoms with Crippen molar-refractivity contribution in [3.05, 3.63) is 24.2 Å². The van der Waals surface area contributed by atoms with E-state index in [0.717, 1.165) is 24.7 Å². The van der Waals surface area contributed by atoms with Gasteiger partial charge in [-0.05, 0) is 44.2 Å². The van der Waals surface area contributed by atoms with E-state index in [0.29, 0.717) is 11.7 Å². The zero-order valence-corrected chi connectivity index (χ0v) is 15.9. The van der Waals surface area contributed by atoms with Crippen molar-refractivity contribution < 1.29 is 10.0 Å². The molecule has 1 atom stereocenters. The number of carbonyl (C=O) groups excluding carboxylic acids is 1. The molecule has 0 radical (unpaired) electrons. The Bertz CT molecular complexity index is 611.